The summed E-state index contributed by atoms with van der Waals surface area (Å²) < 4.78 is 62.8. The molecule has 8 nitrogen and oxygen atoms in total. The predicted octanol–water partition coefficient (Wildman–Crippen LogP) is 1.45. The minimum absolute atomic E-state index is 0.0997. The highest BCUT2D eigenvalue weighted by molar-refractivity contribution is 5.97. The maximum atomic E-state index is 12.9. The van der Waals surface area contributed by atoms with E-state index in [2.05, 4.69) is 14.8 Å². The maximum absolute atomic E-state index is 12.9. The summed E-state index contributed by atoms with van der Waals surface area (Å²) in [4.78, 5) is 38.0. The molecule has 33 heavy (non-hydrogen) atoms. The zero-order valence-electron chi connectivity index (χ0n) is 17.8. The fourth-order valence-corrected chi connectivity index (χ4v) is 3.05. The molecule has 1 amide bonds. The highest BCUT2D eigenvalue weighted by Crippen LogP contribution is 2.29. The molecule has 0 saturated carbocycles. The lowest BCUT2D eigenvalue weighted by Gasteiger charge is -2.24. The number of nitrogens with two attached hydrogens (primary N) is 1. The second-order valence-corrected chi connectivity index (χ2v) is 7.80. The number of ketones is 2. The van der Waals surface area contributed by atoms with E-state index in [0.29, 0.717) is 0 Å². The van der Waals surface area contributed by atoms with Crippen LogP contribution >= 0.6 is 0 Å². The van der Waals surface area contributed by atoms with Gasteiger partial charge in [-0.1, -0.05) is 30.3 Å². The van der Waals surface area contributed by atoms with Gasteiger partial charge in [0.15, 0.2) is 11.6 Å². The first-order valence-corrected chi connectivity index (χ1v) is 10.1. The molecule has 4 atom stereocenters. The number of ether oxygens (including phenoxy) is 3. The topological polar surface area (TPSA) is 120 Å². The highest BCUT2D eigenvalue weighted by Gasteiger charge is 2.50. The van der Waals surface area contributed by atoms with Crippen molar-refractivity contribution in [2.24, 2.45) is 11.7 Å². The summed E-state index contributed by atoms with van der Waals surface area (Å²) in [6.45, 7) is -6.30. The average molecular weight is 478 g/mol. The van der Waals surface area contributed by atoms with Crippen LogP contribution in [0.5, 0.6) is 0 Å². The van der Waals surface area contributed by atoms with Gasteiger partial charge in [0.1, 0.15) is 5.60 Å². The molecule has 0 bridgehead atoms. The Balaban J connectivity index is 2.12. The number of nitrogens with one attached hydrogen (secondary N) is 1. The first-order chi connectivity index (χ1) is 15.5. The minimum Gasteiger partial charge on any atom is -0.361 e. The van der Waals surface area contributed by atoms with Crippen molar-refractivity contribution in [1.29, 1.82) is 0 Å². The number of epoxide rings is 1. The second-order valence-electron chi connectivity index (χ2n) is 7.80. The molecule has 0 aliphatic carbocycles. The molecule has 1 aliphatic rings. The van der Waals surface area contributed by atoms with Gasteiger partial charge in [-0.2, -0.15) is 17.6 Å². The predicted molar refractivity (Wildman–Crippen MR) is 106 cm³/mol. The van der Waals surface area contributed by atoms with Gasteiger partial charge >= 0.3 is 13.2 Å². The first-order valence-electron chi connectivity index (χ1n) is 10.1. The Morgan fingerprint density at radius 2 is 1.67 bits per heavy atom. The summed E-state index contributed by atoms with van der Waals surface area (Å²) in [6, 6.07) is 6.18. The van der Waals surface area contributed by atoms with Crippen molar-refractivity contribution < 1.29 is 46.2 Å². The van der Waals surface area contributed by atoms with Crippen LogP contribution in [0.1, 0.15) is 18.9 Å². The molecule has 0 spiro atoms. The Labute approximate surface area is 187 Å². The number of amides is 1. The highest BCUT2D eigenvalue weighted by atomic mass is 19.3. The fourth-order valence-electron chi connectivity index (χ4n) is 3.05. The molecule has 1 aliphatic heterocycles. The molecule has 1 aromatic rings. The second kappa shape index (κ2) is 12.2. The number of Topliss-reactive ketones (excluding diaryl/α,β-unsaturated/α-hetero) is 2. The van der Waals surface area contributed by atoms with Crippen molar-refractivity contribution in [2.45, 2.75) is 50.7 Å². The van der Waals surface area contributed by atoms with Crippen LogP contribution in [0.15, 0.2) is 30.3 Å². The summed E-state index contributed by atoms with van der Waals surface area (Å²) in [5.74, 6) is -3.62. The number of rotatable bonds is 15. The lowest BCUT2D eigenvalue weighted by Crippen LogP contribution is -2.50. The third-order valence-electron chi connectivity index (χ3n) is 5.07. The number of carbonyl (C=O) groups excluding carboxylic acids is 3. The van der Waals surface area contributed by atoms with Gasteiger partial charge in [0.05, 0.1) is 37.8 Å². The summed E-state index contributed by atoms with van der Waals surface area (Å²) in [6.07, 6.45) is -0.575. The van der Waals surface area contributed by atoms with Gasteiger partial charge in [-0.3, -0.25) is 14.4 Å². The number of halogens is 4. The van der Waals surface area contributed by atoms with Crippen molar-refractivity contribution in [3.8, 4) is 0 Å². The van der Waals surface area contributed by atoms with E-state index in [4.69, 9.17) is 10.5 Å². The van der Waals surface area contributed by atoms with Crippen molar-refractivity contribution in [3.05, 3.63) is 35.9 Å². The van der Waals surface area contributed by atoms with Crippen LogP contribution in [0, 0.1) is 5.92 Å². The third-order valence-corrected chi connectivity index (χ3v) is 5.07. The van der Waals surface area contributed by atoms with Gasteiger partial charge in [-0.15, -0.1) is 0 Å². The largest absolute Gasteiger partial charge is 0.361 e. The standard InChI is InChI=1S/C21H26F4N2O6/c1-21(11-33-21)17(29)15(7-12-5-3-2-4-6-12)27-18(30)13(9-31-19(22)23)8-16(28)14(26)10-32-20(24)25/h2-6,13-15,19-20H,7-11,26H2,1H3,(H,27,30)/t13-,14-,15-,21+/m0/s1. The van der Waals surface area contributed by atoms with Gasteiger partial charge in [-0.25, -0.2) is 0 Å². The lowest BCUT2D eigenvalue weighted by molar-refractivity contribution is -0.154. The third kappa shape index (κ3) is 8.80. The van der Waals surface area contributed by atoms with Crippen LogP contribution in [-0.2, 0) is 35.0 Å². The van der Waals surface area contributed by atoms with Crippen molar-refractivity contribution >= 4 is 17.5 Å². The number of hydrogen-bond acceptors (Lipinski definition) is 7. The van der Waals surface area contributed by atoms with Crippen LogP contribution in [0.3, 0.4) is 0 Å². The molecular weight excluding hydrogens is 452 g/mol. The van der Waals surface area contributed by atoms with Gasteiger partial charge < -0.3 is 25.3 Å². The van der Waals surface area contributed by atoms with E-state index in [1.807, 2.05) is 0 Å². The van der Waals surface area contributed by atoms with Gasteiger partial charge in [0.25, 0.3) is 0 Å². The number of carbonyl (C=O) groups is 3. The lowest BCUT2D eigenvalue weighted by atomic mass is 9.93. The summed E-state index contributed by atoms with van der Waals surface area (Å²) in [5, 5.41) is 2.49. The molecule has 0 radical (unpaired) electrons. The Kier molecular flexibility index (Phi) is 9.89. The number of hydrogen-bond donors (Lipinski definition) is 2. The van der Waals surface area contributed by atoms with E-state index < -0.39 is 73.9 Å². The summed E-state index contributed by atoms with van der Waals surface area (Å²) in [7, 11) is 0. The molecule has 1 aromatic carbocycles. The van der Waals surface area contributed by atoms with Gasteiger partial charge in [0.2, 0.25) is 5.91 Å². The van der Waals surface area contributed by atoms with Crippen LogP contribution in [-0.4, -0.2) is 68.2 Å². The zero-order chi connectivity index (χ0) is 24.6. The quantitative estimate of drug-likeness (QED) is 0.289. The SMILES string of the molecule is C[C@]1(C(=O)[C@H](Cc2ccccc2)NC(=O)[C@H](COC(F)F)CC(=O)[C@@H](N)COC(F)F)CO1. The minimum atomic E-state index is -3.22. The van der Waals surface area contributed by atoms with Crippen LogP contribution in [0.4, 0.5) is 17.6 Å². The summed E-state index contributed by atoms with van der Waals surface area (Å²) in [5.41, 5.74) is 5.14. The van der Waals surface area contributed by atoms with E-state index >= 15 is 0 Å². The molecule has 12 heteroatoms. The van der Waals surface area contributed by atoms with Gasteiger partial charge in [0, 0.05) is 6.42 Å². The van der Waals surface area contributed by atoms with E-state index in [9.17, 15) is 31.9 Å². The van der Waals surface area contributed by atoms with Crippen LogP contribution in [0.2, 0.25) is 0 Å². The zero-order valence-corrected chi connectivity index (χ0v) is 17.8. The first kappa shape index (κ1) is 26.8. The monoisotopic (exact) mass is 478 g/mol. The van der Waals surface area contributed by atoms with E-state index in [-0.39, 0.29) is 13.0 Å². The molecular formula is C21H26F4N2O6. The van der Waals surface area contributed by atoms with Crippen molar-refractivity contribution in [2.75, 3.05) is 19.8 Å². The Morgan fingerprint density at radius 3 is 2.21 bits per heavy atom. The fraction of sp³-hybridized carbons (Fsp3) is 0.571. The molecule has 0 aromatic heterocycles. The molecule has 3 N–H and O–H groups in total. The molecule has 184 valence electrons. The Bertz CT molecular complexity index is 807. The molecule has 2 rings (SSSR count). The number of alkyl halides is 4. The molecule has 1 fully saturated rings. The molecule has 1 heterocycles. The van der Waals surface area contributed by atoms with Crippen molar-refractivity contribution in [1.82, 2.24) is 5.32 Å². The van der Waals surface area contributed by atoms with Crippen LogP contribution in [0.25, 0.3) is 0 Å². The Morgan fingerprint density at radius 1 is 1.09 bits per heavy atom. The maximum Gasteiger partial charge on any atom is 0.345 e. The molecule has 0 unspecified atom stereocenters. The summed E-state index contributed by atoms with van der Waals surface area (Å²) >= 11 is 0. The van der Waals surface area contributed by atoms with Crippen molar-refractivity contribution in [3.63, 3.8) is 0 Å². The van der Waals surface area contributed by atoms with Gasteiger partial charge in [-0.05, 0) is 18.9 Å². The smallest absolute Gasteiger partial charge is 0.345 e. The molecule has 1 saturated heterocycles. The van der Waals surface area contributed by atoms with Crippen LogP contribution < -0.4 is 11.1 Å². The normalized spacial score (nSPS) is 20.4. The van der Waals surface area contributed by atoms with E-state index in [1.54, 1.807) is 37.3 Å². The number of benzene rings is 1. The van der Waals surface area contributed by atoms with E-state index in [1.165, 1.54) is 0 Å². The average Bonchev–Trinajstić information content (AvgIpc) is 3.52. The van der Waals surface area contributed by atoms with E-state index in [0.717, 1.165) is 5.56 Å². The Hall–Kier alpha value is -2.41.